The maximum atomic E-state index is 11.4. The summed E-state index contributed by atoms with van der Waals surface area (Å²) in [6.07, 6.45) is 9.18. The van der Waals surface area contributed by atoms with Crippen molar-refractivity contribution in [1.29, 1.82) is 5.26 Å². The van der Waals surface area contributed by atoms with Gasteiger partial charge >= 0.3 is 0 Å². The summed E-state index contributed by atoms with van der Waals surface area (Å²) in [5.41, 5.74) is 10.8. The van der Waals surface area contributed by atoms with E-state index in [4.69, 9.17) is 17.3 Å². The molecule has 0 bridgehead atoms. The Morgan fingerprint density at radius 2 is 2.00 bits per heavy atom. The van der Waals surface area contributed by atoms with E-state index in [1.807, 2.05) is 13.0 Å². The first-order valence-electron chi connectivity index (χ1n) is 10.1. The lowest BCUT2D eigenvalue weighted by Gasteiger charge is -2.30. The summed E-state index contributed by atoms with van der Waals surface area (Å²) in [5.74, 6) is 0.0237. The molecule has 2 aromatic heterocycles. The number of fused-ring (bicyclic) bond motifs is 1. The first kappa shape index (κ1) is 20.2. The number of rotatable bonds is 3. The van der Waals surface area contributed by atoms with E-state index in [-0.39, 0.29) is 11.9 Å². The highest BCUT2D eigenvalue weighted by Crippen LogP contribution is 2.41. The maximum absolute atomic E-state index is 11.4. The molecule has 6 nitrogen and oxygen atoms in total. The van der Waals surface area contributed by atoms with E-state index in [0.29, 0.717) is 22.3 Å². The highest BCUT2D eigenvalue weighted by molar-refractivity contribution is 6.36. The quantitative estimate of drug-likeness (QED) is 0.638. The highest BCUT2D eigenvalue weighted by Gasteiger charge is 2.25. The summed E-state index contributed by atoms with van der Waals surface area (Å²) in [7, 11) is 0. The number of nitrogen functional groups attached to an aromatic ring is 1. The first-order chi connectivity index (χ1) is 14.4. The van der Waals surface area contributed by atoms with Crippen LogP contribution in [0, 0.1) is 18.3 Å². The fourth-order valence-corrected chi connectivity index (χ4v) is 4.67. The van der Waals surface area contributed by atoms with Crippen LogP contribution in [0.5, 0.6) is 0 Å². The molecule has 1 saturated carbocycles. The number of pyridine rings is 1. The Hall–Kier alpha value is -3.04. The number of nitriles is 1. The van der Waals surface area contributed by atoms with Gasteiger partial charge in [-0.2, -0.15) is 5.26 Å². The number of anilines is 1. The van der Waals surface area contributed by atoms with Gasteiger partial charge in [-0.1, -0.05) is 11.6 Å². The fraction of sp³-hybridized carbons (Fsp3) is 0.348. The fourth-order valence-electron chi connectivity index (χ4n) is 4.47. The van der Waals surface area contributed by atoms with Crippen molar-refractivity contribution in [2.24, 2.45) is 0 Å². The van der Waals surface area contributed by atoms with Crippen LogP contribution in [0.15, 0.2) is 30.7 Å². The molecule has 0 radical (unpaired) electrons. The zero-order valence-electron chi connectivity index (χ0n) is 17.1. The molecule has 2 heterocycles. The monoisotopic (exact) mass is 421 g/mol. The Bertz CT molecular complexity index is 1170. The van der Waals surface area contributed by atoms with Crippen molar-refractivity contribution in [2.45, 2.75) is 51.6 Å². The molecule has 7 heteroatoms. The van der Waals surface area contributed by atoms with E-state index in [9.17, 15) is 10.1 Å². The molecule has 3 aromatic rings. The van der Waals surface area contributed by atoms with Crippen molar-refractivity contribution >= 4 is 34.1 Å². The third kappa shape index (κ3) is 3.61. The highest BCUT2D eigenvalue weighted by atomic mass is 35.5. The van der Waals surface area contributed by atoms with Gasteiger partial charge in [0, 0.05) is 53.4 Å². The molecule has 0 spiro atoms. The SMILES string of the molecule is CC(=O)N[C@H]1CC[C@@H](n2cc(-c3cncc(N)c3Cl)c3cc(C#N)c(C)cc32)CC1. The Balaban J connectivity index is 1.81. The summed E-state index contributed by atoms with van der Waals surface area (Å²) >= 11 is 6.52. The number of carbonyl (C=O) groups excluding carboxylic acids is 1. The van der Waals surface area contributed by atoms with Crippen LogP contribution in [-0.2, 0) is 4.79 Å². The predicted molar refractivity (Wildman–Crippen MR) is 119 cm³/mol. The smallest absolute Gasteiger partial charge is 0.217 e. The molecule has 1 amide bonds. The van der Waals surface area contributed by atoms with Crippen LogP contribution in [0.4, 0.5) is 5.69 Å². The van der Waals surface area contributed by atoms with Gasteiger partial charge in [0.2, 0.25) is 5.91 Å². The van der Waals surface area contributed by atoms with E-state index >= 15 is 0 Å². The molecule has 3 N–H and O–H groups in total. The number of halogens is 1. The number of hydrogen-bond acceptors (Lipinski definition) is 4. The molecular weight excluding hydrogens is 398 g/mol. The molecule has 1 fully saturated rings. The van der Waals surface area contributed by atoms with E-state index < -0.39 is 0 Å². The van der Waals surface area contributed by atoms with E-state index in [0.717, 1.165) is 53.3 Å². The van der Waals surface area contributed by atoms with E-state index in [1.165, 1.54) is 0 Å². The Kier molecular flexibility index (Phi) is 5.40. The normalized spacial score (nSPS) is 18.9. The van der Waals surface area contributed by atoms with Crippen molar-refractivity contribution in [2.75, 3.05) is 5.73 Å². The van der Waals surface area contributed by atoms with Gasteiger partial charge in [-0.15, -0.1) is 0 Å². The largest absolute Gasteiger partial charge is 0.396 e. The molecule has 4 rings (SSSR count). The Labute approximate surface area is 180 Å². The molecule has 0 unspecified atom stereocenters. The van der Waals surface area contributed by atoms with Gasteiger partial charge in [0.15, 0.2) is 0 Å². The minimum absolute atomic E-state index is 0.0237. The first-order valence-corrected chi connectivity index (χ1v) is 10.5. The van der Waals surface area contributed by atoms with Crippen LogP contribution in [0.1, 0.15) is 49.8 Å². The van der Waals surface area contributed by atoms with Crippen molar-refractivity contribution in [3.8, 4) is 17.2 Å². The average molecular weight is 422 g/mol. The van der Waals surface area contributed by atoms with Gasteiger partial charge in [-0.05, 0) is 50.3 Å². The minimum Gasteiger partial charge on any atom is -0.396 e. The average Bonchev–Trinajstić information content (AvgIpc) is 3.07. The van der Waals surface area contributed by atoms with Gasteiger partial charge in [0.1, 0.15) is 0 Å². The molecule has 0 saturated heterocycles. The van der Waals surface area contributed by atoms with Crippen LogP contribution < -0.4 is 11.1 Å². The third-order valence-electron chi connectivity index (χ3n) is 5.99. The second-order valence-corrected chi connectivity index (χ2v) is 8.42. The zero-order valence-corrected chi connectivity index (χ0v) is 17.8. The predicted octanol–water partition coefficient (Wildman–Crippen LogP) is 4.74. The molecular formula is C23H24ClN5O. The molecule has 1 aliphatic rings. The summed E-state index contributed by atoms with van der Waals surface area (Å²) in [4.78, 5) is 15.6. The molecule has 0 aliphatic heterocycles. The second-order valence-electron chi connectivity index (χ2n) is 8.04. The summed E-state index contributed by atoms with van der Waals surface area (Å²) in [6.45, 7) is 3.52. The van der Waals surface area contributed by atoms with E-state index in [1.54, 1.807) is 19.3 Å². The standard InChI is InChI=1S/C23H24ClN5O/c1-13-7-22-18(8-15(13)9-25)20(19-10-27-11-21(26)23(19)24)12-29(22)17-5-3-16(4-6-17)28-14(2)30/h7-8,10-12,16-17H,3-6,26H2,1-2H3,(H,28,30)/t16-,17+. The summed E-state index contributed by atoms with van der Waals surface area (Å²) in [5, 5.41) is 14.0. The topological polar surface area (TPSA) is 96.7 Å². The zero-order chi connectivity index (χ0) is 21.4. The molecule has 0 atom stereocenters. The summed E-state index contributed by atoms with van der Waals surface area (Å²) in [6, 6.07) is 6.83. The van der Waals surface area contributed by atoms with Crippen LogP contribution in [-0.4, -0.2) is 21.5 Å². The number of nitrogens with one attached hydrogen (secondary N) is 1. The van der Waals surface area contributed by atoms with Gasteiger partial charge in [0.05, 0.1) is 28.5 Å². The van der Waals surface area contributed by atoms with Crippen LogP contribution in [0.2, 0.25) is 5.02 Å². The second kappa shape index (κ2) is 8.00. The molecule has 1 aromatic carbocycles. The third-order valence-corrected chi connectivity index (χ3v) is 6.42. The van der Waals surface area contributed by atoms with Crippen molar-refractivity contribution in [3.63, 3.8) is 0 Å². The van der Waals surface area contributed by atoms with E-state index in [2.05, 4.69) is 33.2 Å². The van der Waals surface area contributed by atoms with Gasteiger partial charge < -0.3 is 15.6 Å². The molecule has 154 valence electrons. The molecule has 30 heavy (non-hydrogen) atoms. The van der Waals surface area contributed by atoms with Gasteiger partial charge in [0.25, 0.3) is 0 Å². The van der Waals surface area contributed by atoms with Crippen LogP contribution >= 0.6 is 11.6 Å². The van der Waals surface area contributed by atoms with Crippen molar-refractivity contribution < 1.29 is 4.79 Å². The summed E-state index contributed by atoms with van der Waals surface area (Å²) < 4.78 is 2.29. The number of aromatic nitrogens is 2. The number of benzene rings is 1. The number of amides is 1. The number of aryl methyl sites for hydroxylation is 1. The number of hydrogen-bond donors (Lipinski definition) is 2. The van der Waals surface area contributed by atoms with Crippen molar-refractivity contribution in [3.05, 3.63) is 46.9 Å². The lowest BCUT2D eigenvalue weighted by Crippen LogP contribution is -2.36. The minimum atomic E-state index is 0.0237. The lowest BCUT2D eigenvalue weighted by atomic mass is 9.91. The number of carbonyl (C=O) groups is 1. The van der Waals surface area contributed by atoms with Crippen molar-refractivity contribution in [1.82, 2.24) is 14.9 Å². The molecule has 1 aliphatic carbocycles. The van der Waals surface area contributed by atoms with Crippen LogP contribution in [0.25, 0.3) is 22.0 Å². The Morgan fingerprint density at radius 3 is 2.67 bits per heavy atom. The number of nitrogens with two attached hydrogens (primary N) is 1. The van der Waals surface area contributed by atoms with Crippen LogP contribution in [0.3, 0.4) is 0 Å². The Morgan fingerprint density at radius 1 is 1.27 bits per heavy atom. The maximum Gasteiger partial charge on any atom is 0.217 e. The van der Waals surface area contributed by atoms with Gasteiger partial charge in [-0.3, -0.25) is 9.78 Å². The number of nitrogens with zero attached hydrogens (tertiary/aromatic N) is 3. The lowest BCUT2D eigenvalue weighted by molar-refractivity contribution is -0.119. The van der Waals surface area contributed by atoms with Gasteiger partial charge in [-0.25, -0.2) is 0 Å².